The molecule has 1 saturated heterocycles. The van der Waals surface area contributed by atoms with Crippen LogP contribution in [-0.4, -0.2) is 47.0 Å². The van der Waals surface area contributed by atoms with Crippen LogP contribution in [0.25, 0.3) is 11.3 Å². The molecule has 2 N–H and O–H groups in total. The van der Waals surface area contributed by atoms with Gasteiger partial charge in [0, 0.05) is 24.2 Å². The van der Waals surface area contributed by atoms with Crippen LogP contribution < -0.4 is 9.62 Å². The first kappa shape index (κ1) is 27.6. The summed E-state index contributed by atoms with van der Waals surface area (Å²) in [5, 5.41) is 1.41. The summed E-state index contributed by atoms with van der Waals surface area (Å²) in [6.45, 7) is 9.80. The van der Waals surface area contributed by atoms with E-state index in [0.717, 1.165) is 60.3 Å². The summed E-state index contributed by atoms with van der Waals surface area (Å²) >= 11 is 8.02. The molecule has 40 heavy (non-hydrogen) atoms. The van der Waals surface area contributed by atoms with E-state index in [1.165, 1.54) is 22.9 Å². The second kappa shape index (κ2) is 10.7. The van der Waals surface area contributed by atoms with Crippen LogP contribution >= 0.6 is 23.4 Å². The third-order valence-electron chi connectivity index (χ3n) is 8.01. The lowest BCUT2D eigenvalue weighted by molar-refractivity contribution is 0.177. The number of H-pyrrole nitrogens is 1. The Hall–Kier alpha value is -2.53. The van der Waals surface area contributed by atoms with Crippen LogP contribution in [0, 0.1) is 5.41 Å². The minimum atomic E-state index is -1.15. The zero-order valence-corrected chi connectivity index (χ0v) is 25.6. The fraction of sp³-hybridized carbons (Fsp3) is 0.448. The number of hydrogen-bond donors (Lipinski definition) is 2. The number of halogens is 1. The quantitative estimate of drug-likeness (QED) is 0.280. The number of rotatable bonds is 6. The van der Waals surface area contributed by atoms with Crippen molar-refractivity contribution in [1.82, 2.24) is 29.6 Å². The predicted molar refractivity (Wildman–Crippen MR) is 162 cm³/mol. The van der Waals surface area contributed by atoms with Gasteiger partial charge in [-0.3, -0.25) is 4.98 Å². The monoisotopic (exact) mass is 595 g/mol. The number of nitrogens with zero attached hydrogens (tertiary/aromatic N) is 5. The lowest BCUT2D eigenvalue weighted by Gasteiger charge is -2.43. The Morgan fingerprint density at radius 1 is 1.18 bits per heavy atom. The Bertz CT molecular complexity index is 1580. The topological polar surface area (TPSA) is 99.7 Å². The molecule has 1 aliphatic heterocycles. The van der Waals surface area contributed by atoms with Crippen LogP contribution in [0.4, 0.5) is 5.95 Å². The molecule has 0 saturated carbocycles. The normalized spacial score (nSPS) is 19.3. The smallest absolute Gasteiger partial charge is 0.206 e. The Morgan fingerprint density at radius 2 is 1.95 bits per heavy atom. The molecular formula is C29H34ClN7OS2. The van der Waals surface area contributed by atoms with Crippen molar-refractivity contribution in [1.29, 1.82) is 0 Å². The van der Waals surface area contributed by atoms with Gasteiger partial charge >= 0.3 is 0 Å². The Kier molecular flexibility index (Phi) is 7.39. The summed E-state index contributed by atoms with van der Waals surface area (Å²) in [6.07, 6.45) is 7.24. The first-order valence-electron chi connectivity index (χ1n) is 13.7. The minimum absolute atomic E-state index is 0.0224. The maximum absolute atomic E-state index is 13.2. The summed E-state index contributed by atoms with van der Waals surface area (Å²) in [6, 6.07) is 10.6. The van der Waals surface area contributed by atoms with E-state index >= 15 is 0 Å². The summed E-state index contributed by atoms with van der Waals surface area (Å²) in [5.74, 6) is 0.792. The van der Waals surface area contributed by atoms with Gasteiger partial charge in [-0.2, -0.15) is 4.98 Å². The van der Waals surface area contributed by atoms with Gasteiger partial charge in [0.2, 0.25) is 5.95 Å². The van der Waals surface area contributed by atoms with Crippen LogP contribution in [-0.2, 0) is 23.8 Å². The highest BCUT2D eigenvalue weighted by Crippen LogP contribution is 2.52. The molecule has 4 aromatic rings. The number of benzene rings is 1. The van der Waals surface area contributed by atoms with Crippen LogP contribution in [0.15, 0.2) is 52.6 Å². The Balaban J connectivity index is 1.20. The lowest BCUT2D eigenvalue weighted by Crippen LogP contribution is -2.48. The average Bonchev–Trinajstić information content (AvgIpc) is 3.49. The summed E-state index contributed by atoms with van der Waals surface area (Å²) in [4.78, 5) is 25.1. The highest BCUT2D eigenvalue weighted by molar-refractivity contribution is 7.99. The van der Waals surface area contributed by atoms with Crippen molar-refractivity contribution in [3.63, 3.8) is 0 Å². The van der Waals surface area contributed by atoms with Crippen LogP contribution in [0.5, 0.6) is 0 Å². The summed E-state index contributed by atoms with van der Waals surface area (Å²) in [7, 11) is -1.15. The highest BCUT2D eigenvalue weighted by atomic mass is 35.5. The van der Waals surface area contributed by atoms with Crippen molar-refractivity contribution < 1.29 is 4.21 Å². The van der Waals surface area contributed by atoms with E-state index in [0.29, 0.717) is 16.3 Å². The zero-order chi connectivity index (χ0) is 28.1. The van der Waals surface area contributed by atoms with Gasteiger partial charge in [0.25, 0.3) is 0 Å². The van der Waals surface area contributed by atoms with Crippen molar-refractivity contribution in [3.05, 3.63) is 64.6 Å². The van der Waals surface area contributed by atoms with E-state index in [1.807, 2.05) is 33.8 Å². The van der Waals surface area contributed by atoms with Gasteiger partial charge in [0.05, 0.1) is 38.7 Å². The van der Waals surface area contributed by atoms with E-state index in [-0.39, 0.29) is 16.2 Å². The minimum Gasteiger partial charge on any atom is -0.342 e. The van der Waals surface area contributed by atoms with Crippen molar-refractivity contribution in [3.8, 4) is 0 Å². The molecule has 2 atom stereocenters. The maximum atomic E-state index is 13.2. The number of hydrogen-bond acceptors (Lipinski definition) is 7. The lowest BCUT2D eigenvalue weighted by atomic mass is 9.73. The number of aromatic amines is 1. The van der Waals surface area contributed by atoms with E-state index in [2.05, 4.69) is 48.8 Å². The Morgan fingerprint density at radius 3 is 2.70 bits per heavy atom. The first-order chi connectivity index (χ1) is 19.2. The zero-order valence-electron chi connectivity index (χ0n) is 23.2. The molecule has 0 amide bonds. The molecule has 210 valence electrons. The number of aromatic nitrogens is 5. The predicted octanol–water partition coefficient (Wildman–Crippen LogP) is 6.05. The summed E-state index contributed by atoms with van der Waals surface area (Å²) < 4.78 is 16.4. The van der Waals surface area contributed by atoms with Gasteiger partial charge in [-0.25, -0.2) is 18.9 Å². The highest BCUT2D eigenvalue weighted by Gasteiger charge is 2.49. The molecule has 3 aromatic heterocycles. The molecule has 8 nitrogen and oxygen atoms in total. The molecule has 4 heterocycles. The molecule has 1 spiro atoms. The third-order valence-corrected chi connectivity index (χ3v) is 11.1. The van der Waals surface area contributed by atoms with Crippen molar-refractivity contribution in [2.75, 3.05) is 18.0 Å². The average molecular weight is 596 g/mol. The third kappa shape index (κ3) is 5.15. The molecule has 6 rings (SSSR count). The molecule has 1 fully saturated rings. The molecule has 1 unspecified atom stereocenters. The largest absolute Gasteiger partial charge is 0.342 e. The molecule has 1 aromatic carbocycles. The molecule has 0 radical (unpaired) electrons. The van der Waals surface area contributed by atoms with Crippen LogP contribution in [0.1, 0.15) is 63.4 Å². The van der Waals surface area contributed by atoms with Crippen molar-refractivity contribution in [2.24, 2.45) is 5.41 Å². The molecular weight excluding hydrogens is 562 g/mol. The first-order valence-corrected chi connectivity index (χ1v) is 16.1. The number of fused-ring (bicyclic) bond motifs is 2. The molecule has 11 heteroatoms. The number of nitrogens with one attached hydrogen (secondary N) is 2. The number of imidazole rings is 1. The van der Waals surface area contributed by atoms with E-state index < -0.39 is 11.0 Å². The second-order valence-corrected chi connectivity index (χ2v) is 15.1. The van der Waals surface area contributed by atoms with Crippen LogP contribution in [0.3, 0.4) is 0 Å². The Labute approximate surface area is 246 Å². The summed E-state index contributed by atoms with van der Waals surface area (Å²) in [5.41, 5.74) is 4.81. The van der Waals surface area contributed by atoms with Crippen molar-refractivity contribution >= 4 is 51.6 Å². The van der Waals surface area contributed by atoms with E-state index in [1.54, 1.807) is 12.4 Å². The fourth-order valence-corrected chi connectivity index (χ4v) is 7.87. The van der Waals surface area contributed by atoms with Gasteiger partial charge in [0.15, 0.2) is 11.3 Å². The van der Waals surface area contributed by atoms with E-state index in [9.17, 15) is 4.21 Å². The van der Waals surface area contributed by atoms with E-state index in [4.69, 9.17) is 21.6 Å². The standard InChI is InChI=1S/C29H34ClN7OS2/c1-5-20-23(30)21(10-13-31-20)39-22-17-32-25-26(33-22)35-27(34-25)37-14-11-29(12-15-37)16-18-8-6-7-9-19(18)24(29)36-40(38)28(2,3)4/h6-10,13,17,24,36H,5,11-12,14-16H2,1-4H3,(H,32,33,34,35)/t24-,40?/m1/s1. The van der Waals surface area contributed by atoms with Gasteiger partial charge in [0.1, 0.15) is 5.03 Å². The van der Waals surface area contributed by atoms with Gasteiger partial charge in [-0.15, -0.1) is 0 Å². The van der Waals surface area contributed by atoms with Gasteiger partial charge in [-0.1, -0.05) is 54.6 Å². The number of piperidine rings is 1. The SMILES string of the molecule is CCc1nccc(Sc2cnc3nc(N4CCC5(CC4)Cc4ccccc4[C@H]5NS(=O)C(C)(C)C)[nH]c3n2)c1Cl. The number of aryl methyl sites for hydroxylation is 1. The van der Waals surface area contributed by atoms with Gasteiger partial charge < -0.3 is 9.88 Å². The van der Waals surface area contributed by atoms with Gasteiger partial charge in [-0.05, 0) is 69.1 Å². The maximum Gasteiger partial charge on any atom is 0.206 e. The second-order valence-electron chi connectivity index (χ2n) is 11.6. The van der Waals surface area contributed by atoms with Crippen LogP contribution in [0.2, 0.25) is 5.02 Å². The molecule has 2 aliphatic rings. The fourth-order valence-electron chi connectivity index (χ4n) is 5.76. The van der Waals surface area contributed by atoms with Crippen molar-refractivity contribution in [2.45, 2.75) is 74.1 Å². The molecule has 0 bridgehead atoms. The number of pyridine rings is 1. The molecule has 1 aliphatic carbocycles. The number of anilines is 1.